The quantitative estimate of drug-likeness (QED) is 0.937. The predicted molar refractivity (Wildman–Crippen MR) is 77.3 cm³/mol. The van der Waals surface area contributed by atoms with Crippen LogP contribution in [-0.4, -0.2) is 14.8 Å². The van der Waals surface area contributed by atoms with E-state index in [-0.39, 0.29) is 0 Å². The average molecular weight is 276 g/mol. The minimum absolute atomic E-state index is 0.293. The molecule has 0 bridgehead atoms. The summed E-state index contributed by atoms with van der Waals surface area (Å²) in [7, 11) is 2.04. The zero-order valence-electron chi connectivity index (χ0n) is 11.7. The normalized spacial score (nSPS) is 20.3. The van der Waals surface area contributed by atoms with Crippen molar-refractivity contribution in [1.29, 1.82) is 0 Å². The van der Waals surface area contributed by atoms with Crippen molar-refractivity contribution in [2.24, 2.45) is 7.05 Å². The molecule has 5 heteroatoms. The Kier molecular flexibility index (Phi) is 3.41. The van der Waals surface area contributed by atoms with Crippen LogP contribution in [0.3, 0.4) is 0 Å². The molecule has 2 aromatic rings. The van der Waals surface area contributed by atoms with Crippen molar-refractivity contribution in [1.82, 2.24) is 20.1 Å². The van der Waals surface area contributed by atoms with Gasteiger partial charge in [-0.05, 0) is 33.1 Å². The highest BCUT2D eigenvalue weighted by molar-refractivity contribution is 7.09. The Morgan fingerprint density at radius 1 is 1.53 bits per heavy atom. The third-order valence-electron chi connectivity index (χ3n) is 3.91. The van der Waals surface area contributed by atoms with Crippen molar-refractivity contribution in [2.75, 3.05) is 0 Å². The van der Waals surface area contributed by atoms with E-state index < -0.39 is 0 Å². The number of hydrogen-bond acceptors (Lipinski definition) is 4. The summed E-state index contributed by atoms with van der Waals surface area (Å²) in [6.07, 6.45) is 5.58. The second-order valence-corrected chi connectivity index (χ2v) is 6.36. The van der Waals surface area contributed by atoms with Crippen LogP contribution >= 0.6 is 11.3 Å². The minimum Gasteiger partial charge on any atom is -0.302 e. The van der Waals surface area contributed by atoms with Gasteiger partial charge in [0.1, 0.15) is 0 Å². The first-order valence-corrected chi connectivity index (χ1v) is 7.72. The van der Waals surface area contributed by atoms with Crippen LogP contribution in [0.5, 0.6) is 0 Å². The molecule has 2 heterocycles. The lowest BCUT2D eigenvalue weighted by molar-refractivity contribution is 0.407. The maximum atomic E-state index is 4.57. The van der Waals surface area contributed by atoms with E-state index >= 15 is 0 Å². The molecule has 2 aromatic heterocycles. The maximum Gasteiger partial charge on any atom is 0.0898 e. The molecular formula is C14H20N4S. The van der Waals surface area contributed by atoms with Crippen LogP contribution in [0.1, 0.15) is 53.8 Å². The Morgan fingerprint density at radius 2 is 2.37 bits per heavy atom. The number of thiazole rings is 1. The summed E-state index contributed by atoms with van der Waals surface area (Å²) in [5, 5.41) is 11.4. The molecule has 0 spiro atoms. The van der Waals surface area contributed by atoms with Crippen molar-refractivity contribution in [3.8, 4) is 0 Å². The van der Waals surface area contributed by atoms with E-state index in [1.807, 2.05) is 17.9 Å². The van der Waals surface area contributed by atoms with Gasteiger partial charge in [-0.25, -0.2) is 4.98 Å². The molecule has 102 valence electrons. The summed E-state index contributed by atoms with van der Waals surface area (Å²) >= 11 is 1.72. The first kappa shape index (κ1) is 12.8. The second-order valence-electron chi connectivity index (χ2n) is 5.29. The Hall–Kier alpha value is -1.20. The molecule has 1 N–H and O–H groups in total. The molecule has 0 radical (unpaired) electrons. The maximum absolute atomic E-state index is 4.57. The SMILES string of the molecule is Cc1nc(C(C)NC2CCCc3c2cnn3C)cs1. The average Bonchev–Trinajstić information content (AvgIpc) is 2.98. The first-order chi connectivity index (χ1) is 9.15. The highest BCUT2D eigenvalue weighted by Crippen LogP contribution is 2.31. The van der Waals surface area contributed by atoms with Crippen molar-refractivity contribution in [3.05, 3.63) is 33.5 Å². The van der Waals surface area contributed by atoms with Gasteiger partial charge in [0.15, 0.2) is 0 Å². The molecule has 2 unspecified atom stereocenters. The van der Waals surface area contributed by atoms with Crippen molar-refractivity contribution < 1.29 is 0 Å². The summed E-state index contributed by atoms with van der Waals surface area (Å²) in [6.45, 7) is 4.25. The molecule has 2 atom stereocenters. The summed E-state index contributed by atoms with van der Waals surface area (Å²) in [6, 6.07) is 0.704. The fourth-order valence-electron chi connectivity index (χ4n) is 2.85. The standard InChI is InChI=1S/C14H20N4S/c1-9(13-8-19-10(2)17-13)16-12-5-4-6-14-11(12)7-15-18(14)3/h7-9,12,16H,4-6H2,1-3H3. The van der Waals surface area contributed by atoms with Crippen LogP contribution in [0.25, 0.3) is 0 Å². The van der Waals surface area contributed by atoms with Gasteiger partial charge in [-0.15, -0.1) is 11.3 Å². The van der Waals surface area contributed by atoms with Gasteiger partial charge in [-0.3, -0.25) is 4.68 Å². The largest absolute Gasteiger partial charge is 0.302 e. The lowest BCUT2D eigenvalue weighted by Crippen LogP contribution is -2.28. The third-order valence-corrected chi connectivity index (χ3v) is 4.70. The van der Waals surface area contributed by atoms with Gasteiger partial charge in [0, 0.05) is 35.8 Å². The molecule has 4 nitrogen and oxygen atoms in total. The number of aryl methyl sites for hydroxylation is 2. The molecule has 0 aromatic carbocycles. The summed E-state index contributed by atoms with van der Waals surface area (Å²) in [5.41, 5.74) is 3.90. The second kappa shape index (κ2) is 5.06. The van der Waals surface area contributed by atoms with Gasteiger partial charge in [-0.2, -0.15) is 5.10 Å². The van der Waals surface area contributed by atoms with E-state index in [1.54, 1.807) is 11.3 Å². The lowest BCUT2D eigenvalue weighted by Gasteiger charge is -2.26. The van der Waals surface area contributed by atoms with Crippen LogP contribution < -0.4 is 5.32 Å². The van der Waals surface area contributed by atoms with E-state index in [0.29, 0.717) is 12.1 Å². The monoisotopic (exact) mass is 276 g/mol. The highest BCUT2D eigenvalue weighted by Gasteiger charge is 2.25. The molecule has 0 amide bonds. The number of nitrogens with one attached hydrogen (secondary N) is 1. The Morgan fingerprint density at radius 3 is 3.11 bits per heavy atom. The molecule has 19 heavy (non-hydrogen) atoms. The van der Waals surface area contributed by atoms with E-state index in [0.717, 1.165) is 17.1 Å². The van der Waals surface area contributed by atoms with Crippen LogP contribution in [0, 0.1) is 6.92 Å². The molecule has 0 saturated carbocycles. The number of rotatable bonds is 3. The van der Waals surface area contributed by atoms with Gasteiger partial charge in [-0.1, -0.05) is 0 Å². The molecule has 0 saturated heterocycles. The molecule has 0 fully saturated rings. The fourth-order valence-corrected chi connectivity index (χ4v) is 3.55. The fraction of sp³-hybridized carbons (Fsp3) is 0.571. The Balaban J connectivity index is 1.77. The van der Waals surface area contributed by atoms with E-state index in [4.69, 9.17) is 0 Å². The first-order valence-electron chi connectivity index (χ1n) is 6.84. The zero-order valence-corrected chi connectivity index (χ0v) is 12.5. The van der Waals surface area contributed by atoms with Gasteiger partial charge < -0.3 is 5.32 Å². The summed E-state index contributed by atoms with van der Waals surface area (Å²) in [4.78, 5) is 4.57. The van der Waals surface area contributed by atoms with E-state index in [1.165, 1.54) is 24.1 Å². The Bertz CT molecular complexity index is 572. The lowest BCUT2D eigenvalue weighted by atomic mass is 9.92. The van der Waals surface area contributed by atoms with E-state index in [9.17, 15) is 0 Å². The molecule has 1 aliphatic rings. The molecular weight excluding hydrogens is 256 g/mol. The molecule has 0 aliphatic heterocycles. The zero-order chi connectivity index (χ0) is 13.4. The number of hydrogen-bond donors (Lipinski definition) is 1. The van der Waals surface area contributed by atoms with Crippen LogP contribution in [0.15, 0.2) is 11.6 Å². The number of fused-ring (bicyclic) bond motifs is 1. The van der Waals surface area contributed by atoms with Crippen molar-refractivity contribution in [3.63, 3.8) is 0 Å². The topological polar surface area (TPSA) is 42.7 Å². The summed E-state index contributed by atoms with van der Waals surface area (Å²) < 4.78 is 2.01. The minimum atomic E-state index is 0.293. The van der Waals surface area contributed by atoms with Crippen LogP contribution in [0.4, 0.5) is 0 Å². The smallest absolute Gasteiger partial charge is 0.0898 e. The molecule has 1 aliphatic carbocycles. The van der Waals surface area contributed by atoms with Gasteiger partial charge in [0.2, 0.25) is 0 Å². The van der Waals surface area contributed by atoms with Gasteiger partial charge in [0.25, 0.3) is 0 Å². The number of nitrogens with zero attached hydrogens (tertiary/aromatic N) is 3. The van der Waals surface area contributed by atoms with Crippen molar-refractivity contribution >= 4 is 11.3 Å². The predicted octanol–water partition coefficient (Wildman–Crippen LogP) is 2.91. The number of aromatic nitrogens is 3. The van der Waals surface area contributed by atoms with Gasteiger partial charge >= 0.3 is 0 Å². The third kappa shape index (κ3) is 2.44. The highest BCUT2D eigenvalue weighted by atomic mass is 32.1. The Labute approximate surface area is 117 Å². The van der Waals surface area contributed by atoms with E-state index in [2.05, 4.69) is 34.6 Å². The van der Waals surface area contributed by atoms with Gasteiger partial charge in [0.05, 0.1) is 16.9 Å². The van der Waals surface area contributed by atoms with Crippen molar-refractivity contribution in [2.45, 2.75) is 45.2 Å². The molecule has 3 rings (SSSR count). The van der Waals surface area contributed by atoms with Crippen LogP contribution in [-0.2, 0) is 13.5 Å². The van der Waals surface area contributed by atoms with Crippen LogP contribution in [0.2, 0.25) is 0 Å². The summed E-state index contributed by atoms with van der Waals surface area (Å²) in [5.74, 6) is 0.